The van der Waals surface area contributed by atoms with E-state index in [1.807, 2.05) is 31.2 Å². The Bertz CT molecular complexity index is 566. The molecule has 6 nitrogen and oxygen atoms in total. The van der Waals surface area contributed by atoms with Gasteiger partial charge in [0.25, 0.3) is 0 Å². The predicted octanol–water partition coefficient (Wildman–Crippen LogP) is 1.83. The molecule has 0 aromatic heterocycles. The van der Waals surface area contributed by atoms with Crippen molar-refractivity contribution in [2.45, 2.75) is 32.7 Å². The van der Waals surface area contributed by atoms with Crippen molar-refractivity contribution in [3.05, 3.63) is 29.8 Å². The van der Waals surface area contributed by atoms with Crippen LogP contribution in [0.15, 0.2) is 29.4 Å². The van der Waals surface area contributed by atoms with Crippen LogP contribution in [-0.2, 0) is 20.7 Å². The summed E-state index contributed by atoms with van der Waals surface area (Å²) in [6, 6.07) is 6.59. The second kappa shape index (κ2) is 6.39. The number of hydrazone groups is 1. The van der Waals surface area contributed by atoms with Gasteiger partial charge in [0.1, 0.15) is 5.71 Å². The highest BCUT2D eigenvalue weighted by molar-refractivity contribution is 6.38. The van der Waals surface area contributed by atoms with Gasteiger partial charge in [-0.3, -0.25) is 5.01 Å². The number of hydrogen-bond donors (Lipinski definition) is 1. The minimum absolute atomic E-state index is 0.0453. The maximum atomic E-state index is 11.7. The van der Waals surface area contributed by atoms with Gasteiger partial charge in [0.15, 0.2) is 6.04 Å². The number of rotatable bonds is 5. The van der Waals surface area contributed by atoms with E-state index in [0.717, 1.165) is 12.0 Å². The van der Waals surface area contributed by atoms with Crippen LogP contribution >= 0.6 is 0 Å². The molecule has 0 unspecified atom stereocenters. The molecular formula is C15H18N2O4. The maximum Gasteiger partial charge on any atom is 0.354 e. The Balaban J connectivity index is 2.28. The summed E-state index contributed by atoms with van der Waals surface area (Å²) in [5.41, 5.74) is 1.95. The lowest BCUT2D eigenvalue weighted by Gasteiger charge is -2.20. The fourth-order valence-corrected chi connectivity index (χ4v) is 2.16. The van der Waals surface area contributed by atoms with Crippen LogP contribution in [0.2, 0.25) is 0 Å². The van der Waals surface area contributed by atoms with Crippen LogP contribution in [0.4, 0.5) is 5.69 Å². The third kappa shape index (κ3) is 3.21. The molecule has 21 heavy (non-hydrogen) atoms. The lowest BCUT2D eigenvalue weighted by Crippen LogP contribution is -2.34. The van der Waals surface area contributed by atoms with Crippen LogP contribution in [0.5, 0.6) is 0 Å². The Hall–Kier alpha value is -2.37. The van der Waals surface area contributed by atoms with Crippen molar-refractivity contribution in [1.82, 2.24) is 0 Å². The highest BCUT2D eigenvalue weighted by Crippen LogP contribution is 2.25. The van der Waals surface area contributed by atoms with E-state index in [0.29, 0.717) is 5.69 Å². The molecule has 112 valence electrons. The number of benzene rings is 1. The Morgan fingerprint density at radius 2 is 2.00 bits per heavy atom. The summed E-state index contributed by atoms with van der Waals surface area (Å²) in [6.07, 6.45) is 0.948. The van der Waals surface area contributed by atoms with E-state index in [4.69, 9.17) is 4.74 Å². The number of carbonyl (C=O) groups excluding carboxylic acids is 1. The van der Waals surface area contributed by atoms with Crippen LogP contribution in [-0.4, -0.2) is 35.4 Å². The molecule has 1 atom stereocenters. The quantitative estimate of drug-likeness (QED) is 0.837. The number of anilines is 1. The zero-order chi connectivity index (χ0) is 15.4. The summed E-state index contributed by atoms with van der Waals surface area (Å²) in [6.45, 7) is 3.98. The smallest absolute Gasteiger partial charge is 0.354 e. The van der Waals surface area contributed by atoms with Crippen molar-refractivity contribution in [2.24, 2.45) is 5.10 Å². The average molecular weight is 290 g/mol. The molecule has 1 aliphatic rings. The van der Waals surface area contributed by atoms with Crippen LogP contribution in [0, 0.1) is 0 Å². The average Bonchev–Trinajstić information content (AvgIpc) is 2.93. The molecule has 0 spiro atoms. The second-order valence-corrected chi connectivity index (χ2v) is 4.69. The van der Waals surface area contributed by atoms with Gasteiger partial charge < -0.3 is 9.84 Å². The minimum atomic E-state index is -1.02. The molecule has 0 fully saturated rings. The number of esters is 1. The van der Waals surface area contributed by atoms with Gasteiger partial charge in [0.2, 0.25) is 0 Å². The predicted molar refractivity (Wildman–Crippen MR) is 78.4 cm³/mol. The Kier molecular flexibility index (Phi) is 4.57. The number of hydrogen-bond acceptors (Lipinski definition) is 5. The topological polar surface area (TPSA) is 79.2 Å². The van der Waals surface area contributed by atoms with E-state index in [1.54, 1.807) is 6.92 Å². The summed E-state index contributed by atoms with van der Waals surface area (Å²) in [5, 5.41) is 14.8. The normalized spacial score (nSPS) is 17.5. The first-order chi connectivity index (χ1) is 10.1. The van der Waals surface area contributed by atoms with E-state index in [1.165, 1.54) is 5.01 Å². The molecule has 0 saturated heterocycles. The molecule has 0 aliphatic carbocycles. The molecule has 0 radical (unpaired) electrons. The first-order valence-electron chi connectivity index (χ1n) is 6.92. The summed E-state index contributed by atoms with van der Waals surface area (Å²) in [7, 11) is 0. The van der Waals surface area contributed by atoms with E-state index in [9.17, 15) is 14.7 Å². The summed E-state index contributed by atoms with van der Waals surface area (Å²) in [4.78, 5) is 23.1. The number of carbonyl (C=O) groups is 2. The van der Waals surface area contributed by atoms with E-state index < -0.39 is 18.0 Å². The van der Waals surface area contributed by atoms with E-state index in [2.05, 4.69) is 5.10 Å². The van der Waals surface area contributed by atoms with Gasteiger partial charge in [0, 0.05) is 6.42 Å². The van der Waals surface area contributed by atoms with Gasteiger partial charge >= 0.3 is 11.9 Å². The molecule has 6 heteroatoms. The maximum absolute atomic E-state index is 11.7. The van der Waals surface area contributed by atoms with Gasteiger partial charge in [-0.15, -0.1) is 0 Å². The highest BCUT2D eigenvalue weighted by Gasteiger charge is 2.36. The van der Waals surface area contributed by atoms with Gasteiger partial charge in [-0.05, 0) is 31.0 Å². The van der Waals surface area contributed by atoms with E-state index >= 15 is 0 Å². The summed E-state index contributed by atoms with van der Waals surface area (Å²) >= 11 is 0. The van der Waals surface area contributed by atoms with Crippen molar-refractivity contribution in [3.63, 3.8) is 0 Å². The lowest BCUT2D eigenvalue weighted by molar-refractivity contribution is -0.138. The number of nitrogens with zero attached hydrogens (tertiary/aromatic N) is 2. The number of ether oxygens (including phenoxy) is 1. The first kappa shape index (κ1) is 15.0. The molecule has 0 saturated carbocycles. The van der Waals surface area contributed by atoms with Crippen LogP contribution in [0.25, 0.3) is 0 Å². The molecule has 1 aromatic rings. The summed E-state index contributed by atoms with van der Waals surface area (Å²) in [5.74, 6) is -1.57. The molecule has 0 amide bonds. The van der Waals surface area contributed by atoms with Crippen molar-refractivity contribution in [1.29, 1.82) is 0 Å². The van der Waals surface area contributed by atoms with Crippen molar-refractivity contribution in [2.75, 3.05) is 11.6 Å². The van der Waals surface area contributed by atoms with Crippen LogP contribution < -0.4 is 5.01 Å². The van der Waals surface area contributed by atoms with Crippen molar-refractivity contribution in [3.8, 4) is 0 Å². The van der Waals surface area contributed by atoms with Gasteiger partial charge in [-0.25, -0.2) is 9.59 Å². The number of carboxylic acids is 1. The lowest BCUT2D eigenvalue weighted by atomic mass is 10.1. The molecule has 1 N–H and O–H groups in total. The fraction of sp³-hybridized carbons (Fsp3) is 0.400. The van der Waals surface area contributed by atoms with Gasteiger partial charge in [-0.1, -0.05) is 19.1 Å². The molecular weight excluding hydrogens is 272 g/mol. The number of carboxylic acid groups (broad SMARTS) is 1. The van der Waals surface area contributed by atoms with E-state index in [-0.39, 0.29) is 18.7 Å². The highest BCUT2D eigenvalue weighted by atomic mass is 16.5. The first-order valence-corrected chi connectivity index (χ1v) is 6.92. The molecule has 1 aromatic carbocycles. The van der Waals surface area contributed by atoms with Gasteiger partial charge in [0.05, 0.1) is 12.3 Å². The van der Waals surface area contributed by atoms with Crippen LogP contribution in [0.3, 0.4) is 0 Å². The molecule has 1 aliphatic heterocycles. The minimum Gasteiger partial charge on any atom is -0.480 e. The molecule has 2 rings (SSSR count). The second-order valence-electron chi connectivity index (χ2n) is 4.69. The third-order valence-electron chi connectivity index (χ3n) is 3.32. The van der Waals surface area contributed by atoms with Crippen LogP contribution in [0.1, 0.15) is 25.8 Å². The molecule has 1 heterocycles. The fourth-order valence-electron chi connectivity index (χ4n) is 2.16. The zero-order valence-corrected chi connectivity index (χ0v) is 12.1. The number of aryl methyl sites for hydroxylation is 1. The standard InChI is InChI=1S/C15H18N2O4/c1-3-10-5-7-11(8-6-10)17-13(14(18)19)9-12(16-17)15(20)21-4-2/h5-8,13H,3-4,9H2,1-2H3,(H,18,19)/t13-/m1/s1. The van der Waals surface area contributed by atoms with Crippen molar-refractivity contribution >= 4 is 23.3 Å². The molecule has 0 bridgehead atoms. The van der Waals surface area contributed by atoms with Crippen molar-refractivity contribution < 1.29 is 19.4 Å². The Labute approximate surface area is 123 Å². The number of aliphatic carboxylic acids is 1. The third-order valence-corrected chi connectivity index (χ3v) is 3.32. The monoisotopic (exact) mass is 290 g/mol. The van der Waals surface area contributed by atoms with Gasteiger partial charge in [-0.2, -0.15) is 5.10 Å². The Morgan fingerprint density at radius 1 is 1.33 bits per heavy atom. The zero-order valence-electron chi connectivity index (χ0n) is 12.1. The Morgan fingerprint density at radius 3 is 2.52 bits per heavy atom. The largest absolute Gasteiger partial charge is 0.480 e. The SMILES string of the molecule is CCOC(=O)C1=NN(c2ccc(CC)cc2)[C@@H](C(=O)O)C1. The summed E-state index contributed by atoms with van der Waals surface area (Å²) < 4.78 is 4.89.